The number of aliphatic hydroxyl groups is 1. The summed E-state index contributed by atoms with van der Waals surface area (Å²) in [7, 11) is 0. The number of hydrogen-bond acceptors (Lipinski definition) is 6. The molecule has 8 heteroatoms. The fourth-order valence-electron chi connectivity index (χ4n) is 1.41. The molecule has 2 rings (SSSR count). The highest BCUT2D eigenvalue weighted by Gasteiger charge is 2.30. The predicted molar refractivity (Wildman–Crippen MR) is 54.6 cm³/mol. The molecule has 1 fully saturated rings. The van der Waals surface area contributed by atoms with Crippen LogP contribution < -0.4 is 10.6 Å². The maximum absolute atomic E-state index is 11.4. The van der Waals surface area contributed by atoms with Crippen molar-refractivity contribution in [2.75, 3.05) is 17.2 Å². The highest BCUT2D eigenvalue weighted by Crippen LogP contribution is 2.17. The second-order valence-electron chi connectivity index (χ2n) is 3.20. The van der Waals surface area contributed by atoms with Crippen LogP contribution in [0.15, 0.2) is 0 Å². The third-order valence-corrected chi connectivity index (χ3v) is 2.20. The molecule has 7 nitrogen and oxygen atoms in total. The maximum atomic E-state index is 11.4. The Labute approximate surface area is 90.0 Å². The van der Waals surface area contributed by atoms with E-state index in [0.29, 0.717) is 0 Å². The standard InChI is InChI=1S/C7H9N5O2S/c8-5-9-6(11-7(15)10-5)12-2-3(13)1-4(12)14/h3,13H,1-2H2,(H3,8,9,10,11,15). The van der Waals surface area contributed by atoms with Gasteiger partial charge in [0.15, 0.2) is 0 Å². The van der Waals surface area contributed by atoms with Crippen molar-refractivity contribution < 1.29 is 9.90 Å². The number of hydrogen-bond donors (Lipinski definition) is 3. The van der Waals surface area contributed by atoms with Crippen molar-refractivity contribution in [3.63, 3.8) is 0 Å². The smallest absolute Gasteiger partial charge is 0.232 e. The quantitative estimate of drug-likeness (QED) is 0.543. The molecular formula is C7H9N5O2S. The number of aromatic amines is 1. The lowest BCUT2D eigenvalue weighted by Gasteiger charge is -2.13. The Hall–Kier alpha value is -1.54. The number of carbonyl (C=O) groups excluding carboxylic acids is 1. The number of aliphatic hydroxyl groups excluding tert-OH is 1. The second-order valence-corrected chi connectivity index (χ2v) is 3.57. The number of anilines is 2. The number of carbonyl (C=O) groups is 1. The van der Waals surface area contributed by atoms with Crippen molar-refractivity contribution in [2.45, 2.75) is 12.5 Å². The average molecular weight is 227 g/mol. The molecule has 15 heavy (non-hydrogen) atoms. The molecule has 0 spiro atoms. The first kappa shape index (κ1) is 9.99. The molecule has 1 aliphatic rings. The van der Waals surface area contributed by atoms with Gasteiger partial charge in [-0.05, 0) is 12.2 Å². The topological polar surface area (TPSA) is 108 Å². The summed E-state index contributed by atoms with van der Waals surface area (Å²) in [6.45, 7) is 0.195. The molecule has 1 aliphatic heterocycles. The van der Waals surface area contributed by atoms with E-state index in [9.17, 15) is 9.90 Å². The van der Waals surface area contributed by atoms with Gasteiger partial charge in [-0.15, -0.1) is 0 Å². The molecule has 0 bridgehead atoms. The van der Waals surface area contributed by atoms with Crippen LogP contribution in [0.1, 0.15) is 6.42 Å². The second kappa shape index (κ2) is 3.55. The molecule has 0 aliphatic carbocycles. The van der Waals surface area contributed by atoms with Gasteiger partial charge in [-0.25, -0.2) is 0 Å². The van der Waals surface area contributed by atoms with Crippen LogP contribution in [0.3, 0.4) is 0 Å². The van der Waals surface area contributed by atoms with E-state index >= 15 is 0 Å². The van der Waals surface area contributed by atoms with Gasteiger partial charge in [-0.3, -0.25) is 14.7 Å². The van der Waals surface area contributed by atoms with Crippen molar-refractivity contribution >= 4 is 30.0 Å². The third kappa shape index (κ3) is 1.95. The van der Waals surface area contributed by atoms with E-state index in [1.165, 1.54) is 4.90 Å². The minimum absolute atomic E-state index is 0.0652. The SMILES string of the molecule is Nc1nc(=S)nc(N2CC(O)CC2=O)[nH]1. The largest absolute Gasteiger partial charge is 0.391 e. The zero-order chi connectivity index (χ0) is 11.0. The molecule has 0 radical (unpaired) electrons. The van der Waals surface area contributed by atoms with Crippen molar-refractivity contribution in [1.29, 1.82) is 0 Å². The number of nitrogen functional groups attached to an aromatic ring is 1. The number of β-amino-alcohol motifs (C(OH)–C–C–N with tert-alkyl or cyclic N) is 1. The number of nitrogens with two attached hydrogens (primary N) is 1. The average Bonchev–Trinajstić information content (AvgIpc) is 2.43. The third-order valence-electron chi connectivity index (χ3n) is 2.02. The summed E-state index contributed by atoms with van der Waals surface area (Å²) in [6, 6.07) is 0. The Morgan fingerprint density at radius 3 is 2.87 bits per heavy atom. The van der Waals surface area contributed by atoms with E-state index in [0.717, 1.165) is 0 Å². The molecular weight excluding hydrogens is 218 g/mol. The normalized spacial score (nSPS) is 21.0. The minimum Gasteiger partial charge on any atom is -0.391 e. The van der Waals surface area contributed by atoms with Gasteiger partial charge in [0, 0.05) is 0 Å². The number of nitrogens with one attached hydrogen (secondary N) is 1. The number of H-pyrrole nitrogens is 1. The molecule has 2 heterocycles. The first-order valence-electron chi connectivity index (χ1n) is 4.28. The van der Waals surface area contributed by atoms with E-state index in [2.05, 4.69) is 15.0 Å². The lowest BCUT2D eigenvalue weighted by atomic mass is 10.3. The Morgan fingerprint density at radius 1 is 1.60 bits per heavy atom. The summed E-state index contributed by atoms with van der Waals surface area (Å²) < 4.78 is 0.0652. The number of nitrogens with zero attached hydrogens (tertiary/aromatic N) is 3. The molecule has 0 aromatic carbocycles. The minimum atomic E-state index is -0.671. The molecule has 1 unspecified atom stereocenters. The number of rotatable bonds is 1. The summed E-state index contributed by atoms with van der Waals surface area (Å²) in [5.41, 5.74) is 5.43. The summed E-state index contributed by atoms with van der Waals surface area (Å²) in [5, 5.41) is 9.29. The van der Waals surface area contributed by atoms with Crippen molar-refractivity contribution in [1.82, 2.24) is 15.0 Å². The first-order chi connectivity index (χ1) is 7.06. The number of amides is 1. The molecule has 0 saturated carbocycles. The Kier molecular flexibility index (Phi) is 2.37. The lowest BCUT2D eigenvalue weighted by Crippen LogP contribution is -2.27. The van der Waals surface area contributed by atoms with Crippen molar-refractivity contribution in [3.8, 4) is 0 Å². The molecule has 1 amide bonds. The summed E-state index contributed by atoms with van der Waals surface area (Å²) in [6.07, 6.45) is -0.583. The number of aromatic nitrogens is 3. The van der Waals surface area contributed by atoms with Crippen LogP contribution in [0.2, 0.25) is 0 Å². The lowest BCUT2D eigenvalue weighted by molar-refractivity contribution is -0.117. The summed E-state index contributed by atoms with van der Waals surface area (Å²) >= 11 is 4.77. The zero-order valence-electron chi connectivity index (χ0n) is 7.67. The monoisotopic (exact) mass is 227 g/mol. The molecule has 1 saturated heterocycles. The molecule has 4 N–H and O–H groups in total. The van der Waals surface area contributed by atoms with E-state index in [1.807, 2.05) is 0 Å². The summed E-state index contributed by atoms with van der Waals surface area (Å²) in [5.74, 6) is 0.111. The zero-order valence-corrected chi connectivity index (χ0v) is 8.49. The fraction of sp³-hybridized carbons (Fsp3) is 0.429. The van der Waals surface area contributed by atoms with Crippen LogP contribution in [0.4, 0.5) is 11.9 Å². The highest BCUT2D eigenvalue weighted by molar-refractivity contribution is 7.71. The van der Waals surface area contributed by atoms with Gasteiger partial charge >= 0.3 is 0 Å². The van der Waals surface area contributed by atoms with E-state index < -0.39 is 6.10 Å². The molecule has 1 aromatic rings. The van der Waals surface area contributed by atoms with Crippen LogP contribution in [-0.2, 0) is 4.79 Å². The van der Waals surface area contributed by atoms with Crippen LogP contribution in [0, 0.1) is 4.77 Å². The van der Waals surface area contributed by atoms with E-state index in [1.54, 1.807) is 0 Å². The van der Waals surface area contributed by atoms with Crippen molar-refractivity contribution in [3.05, 3.63) is 4.77 Å². The highest BCUT2D eigenvalue weighted by atomic mass is 32.1. The Morgan fingerprint density at radius 2 is 2.33 bits per heavy atom. The van der Waals surface area contributed by atoms with Crippen molar-refractivity contribution in [2.24, 2.45) is 0 Å². The predicted octanol–water partition coefficient (Wildman–Crippen LogP) is -0.786. The van der Waals surface area contributed by atoms with Gasteiger partial charge in [0.25, 0.3) is 0 Å². The van der Waals surface area contributed by atoms with E-state index in [4.69, 9.17) is 18.0 Å². The fourth-order valence-corrected chi connectivity index (χ4v) is 1.60. The van der Waals surface area contributed by atoms with Crippen LogP contribution in [-0.4, -0.2) is 38.6 Å². The summed E-state index contributed by atoms with van der Waals surface area (Å²) in [4.78, 5) is 22.9. The van der Waals surface area contributed by atoms with Gasteiger partial charge in [0.2, 0.25) is 22.6 Å². The molecule has 80 valence electrons. The van der Waals surface area contributed by atoms with Crippen LogP contribution in [0.25, 0.3) is 0 Å². The maximum Gasteiger partial charge on any atom is 0.232 e. The molecule has 1 aromatic heterocycles. The van der Waals surface area contributed by atoms with Gasteiger partial charge in [-0.1, -0.05) is 0 Å². The van der Waals surface area contributed by atoms with Crippen LogP contribution in [0.5, 0.6) is 0 Å². The Balaban J connectivity index is 2.37. The van der Waals surface area contributed by atoms with Crippen LogP contribution >= 0.6 is 12.2 Å². The van der Waals surface area contributed by atoms with Gasteiger partial charge in [0.05, 0.1) is 19.1 Å². The van der Waals surface area contributed by atoms with Gasteiger partial charge in [0.1, 0.15) is 0 Å². The first-order valence-corrected chi connectivity index (χ1v) is 4.69. The molecule has 1 atom stereocenters. The Bertz CT molecular complexity index is 459. The van der Waals surface area contributed by atoms with Gasteiger partial charge in [-0.2, -0.15) is 9.97 Å². The van der Waals surface area contributed by atoms with E-state index in [-0.39, 0.29) is 35.5 Å². The van der Waals surface area contributed by atoms with Gasteiger partial charge < -0.3 is 10.8 Å².